The molecule has 0 unspecified atom stereocenters. The molecule has 0 radical (unpaired) electrons. The van der Waals surface area contributed by atoms with Gasteiger partial charge in [-0.25, -0.2) is 6.57 Å². The summed E-state index contributed by atoms with van der Waals surface area (Å²) in [7, 11) is 1.42. The number of benzene rings is 1. The maximum Gasteiger partial charge on any atom is 0.205 e. The van der Waals surface area contributed by atoms with E-state index in [4.69, 9.17) is 6.57 Å². The highest BCUT2D eigenvalue weighted by atomic mass is 32.1. The molecule has 2 aromatic rings. The fourth-order valence-corrected chi connectivity index (χ4v) is 2.07. The first kappa shape index (κ1) is 11.5. The minimum Gasteiger partial charge on any atom is -0.320 e. The van der Waals surface area contributed by atoms with Gasteiger partial charge in [0.15, 0.2) is 0 Å². The summed E-state index contributed by atoms with van der Waals surface area (Å²) in [4.78, 5) is 5.47. The van der Waals surface area contributed by atoms with E-state index in [1.165, 1.54) is 22.4 Å². The van der Waals surface area contributed by atoms with E-state index in [9.17, 15) is 0 Å². The Kier molecular flexibility index (Phi) is 4.59. The van der Waals surface area contributed by atoms with Gasteiger partial charge < -0.3 is 4.85 Å². The van der Waals surface area contributed by atoms with E-state index in [-0.39, 0.29) is 0 Å². The molecule has 0 saturated heterocycles. The van der Waals surface area contributed by atoms with Crippen molar-refractivity contribution in [2.24, 2.45) is 0 Å². The third-order valence-electron chi connectivity index (χ3n) is 1.80. The Hall–Kier alpha value is -1.59. The quantitative estimate of drug-likeness (QED) is 0.626. The van der Waals surface area contributed by atoms with E-state index >= 15 is 0 Å². The van der Waals surface area contributed by atoms with Gasteiger partial charge in [0.2, 0.25) is 7.05 Å². The van der Waals surface area contributed by atoms with Crippen molar-refractivity contribution in [3.8, 4) is 10.4 Å². The van der Waals surface area contributed by atoms with Crippen molar-refractivity contribution in [3.05, 3.63) is 58.8 Å². The monoisotopic (exact) mass is 215 g/mol. The molecule has 2 heteroatoms. The van der Waals surface area contributed by atoms with Crippen LogP contribution in [0.1, 0.15) is 4.88 Å². The van der Waals surface area contributed by atoms with Crippen LogP contribution in [-0.2, 0) is 0 Å². The van der Waals surface area contributed by atoms with E-state index in [1.54, 1.807) is 0 Å². The highest BCUT2D eigenvalue weighted by Gasteiger charge is 1.97. The van der Waals surface area contributed by atoms with Crippen molar-refractivity contribution < 1.29 is 0 Å². The SMILES string of the molecule is Cc1ccc(-c2ccccc2)s1.[C-]#[N+]C. The molecule has 0 bridgehead atoms. The zero-order valence-electron chi connectivity index (χ0n) is 8.90. The number of thiophene rings is 1. The molecule has 76 valence electrons. The molecule has 2 rings (SSSR count). The molecule has 0 aliphatic rings. The molecule has 0 saturated carbocycles. The van der Waals surface area contributed by atoms with Crippen LogP contribution in [0, 0.1) is 13.5 Å². The first-order valence-electron chi connectivity index (χ1n) is 4.65. The molecule has 15 heavy (non-hydrogen) atoms. The van der Waals surface area contributed by atoms with Crippen LogP contribution in [-0.4, -0.2) is 7.05 Å². The number of rotatable bonds is 1. The zero-order valence-corrected chi connectivity index (χ0v) is 9.71. The van der Waals surface area contributed by atoms with Crippen molar-refractivity contribution in [2.45, 2.75) is 6.92 Å². The molecule has 0 aliphatic heterocycles. The molecular formula is C13H13NS. The van der Waals surface area contributed by atoms with Crippen molar-refractivity contribution in [1.82, 2.24) is 0 Å². The van der Waals surface area contributed by atoms with Crippen LogP contribution in [0.2, 0.25) is 0 Å². The summed E-state index contributed by atoms with van der Waals surface area (Å²) in [6, 6.07) is 14.8. The van der Waals surface area contributed by atoms with Crippen LogP contribution in [0.5, 0.6) is 0 Å². The second-order valence-corrected chi connectivity index (χ2v) is 4.29. The second-order valence-electron chi connectivity index (χ2n) is 3.00. The zero-order chi connectivity index (χ0) is 11.1. The van der Waals surface area contributed by atoms with Crippen molar-refractivity contribution in [2.75, 3.05) is 7.05 Å². The fourth-order valence-electron chi connectivity index (χ4n) is 1.19. The van der Waals surface area contributed by atoms with Crippen LogP contribution < -0.4 is 0 Å². The first-order chi connectivity index (χ1) is 7.27. The average molecular weight is 215 g/mol. The molecule has 1 nitrogen and oxygen atoms in total. The van der Waals surface area contributed by atoms with Gasteiger partial charge in [0.05, 0.1) is 0 Å². The van der Waals surface area contributed by atoms with Gasteiger partial charge in [-0.3, -0.25) is 0 Å². The van der Waals surface area contributed by atoms with Crippen LogP contribution in [0.3, 0.4) is 0 Å². The lowest BCUT2D eigenvalue weighted by Crippen LogP contribution is -1.67. The van der Waals surface area contributed by atoms with E-state index in [2.05, 4.69) is 48.2 Å². The van der Waals surface area contributed by atoms with Crippen molar-refractivity contribution in [1.29, 1.82) is 0 Å². The lowest BCUT2D eigenvalue weighted by atomic mass is 10.2. The Bertz CT molecular complexity index is 437. The Labute approximate surface area is 94.8 Å². The van der Waals surface area contributed by atoms with Crippen molar-refractivity contribution >= 4 is 11.3 Å². The summed E-state index contributed by atoms with van der Waals surface area (Å²) in [5.74, 6) is 0. The lowest BCUT2D eigenvalue weighted by Gasteiger charge is -1.93. The van der Waals surface area contributed by atoms with Gasteiger partial charge in [-0.15, -0.1) is 11.3 Å². The van der Waals surface area contributed by atoms with Crippen LogP contribution in [0.4, 0.5) is 0 Å². The summed E-state index contributed by atoms with van der Waals surface area (Å²) >= 11 is 1.84. The number of hydrogen-bond acceptors (Lipinski definition) is 1. The molecule has 0 N–H and O–H groups in total. The average Bonchev–Trinajstić information content (AvgIpc) is 2.67. The van der Waals surface area contributed by atoms with Crippen LogP contribution in [0.15, 0.2) is 42.5 Å². The summed E-state index contributed by atoms with van der Waals surface area (Å²) in [5, 5.41) is 0. The third kappa shape index (κ3) is 3.57. The van der Waals surface area contributed by atoms with Gasteiger partial charge in [-0.05, 0) is 24.6 Å². The molecule has 0 spiro atoms. The minimum atomic E-state index is 1.32. The third-order valence-corrected chi connectivity index (χ3v) is 2.85. The molecule has 1 heterocycles. The van der Waals surface area contributed by atoms with Crippen LogP contribution >= 0.6 is 11.3 Å². The Morgan fingerprint density at radius 3 is 2.13 bits per heavy atom. The maximum absolute atomic E-state index is 5.83. The first-order valence-corrected chi connectivity index (χ1v) is 5.47. The smallest absolute Gasteiger partial charge is 0.205 e. The molecule has 0 fully saturated rings. The van der Waals surface area contributed by atoms with Gasteiger partial charge in [-0.2, -0.15) is 0 Å². The molecule has 0 amide bonds. The number of aryl methyl sites for hydroxylation is 1. The standard InChI is InChI=1S/C11H10S.C2H3N/c1-9-7-8-11(12-9)10-5-3-2-4-6-10;1-3-2/h2-8H,1H3;1H3. The summed E-state index contributed by atoms with van der Waals surface area (Å²) in [6.07, 6.45) is 0. The van der Waals surface area contributed by atoms with E-state index in [0.717, 1.165) is 0 Å². The number of nitrogens with zero attached hydrogens (tertiary/aromatic N) is 1. The van der Waals surface area contributed by atoms with Gasteiger partial charge in [0, 0.05) is 9.75 Å². The van der Waals surface area contributed by atoms with Gasteiger partial charge in [-0.1, -0.05) is 30.3 Å². The minimum absolute atomic E-state index is 1.32. The van der Waals surface area contributed by atoms with E-state index in [0.29, 0.717) is 0 Å². The highest BCUT2D eigenvalue weighted by Crippen LogP contribution is 2.26. The summed E-state index contributed by atoms with van der Waals surface area (Å²) in [5.41, 5.74) is 1.32. The normalized spacial score (nSPS) is 8.60. The van der Waals surface area contributed by atoms with Crippen LogP contribution in [0.25, 0.3) is 15.3 Å². The Morgan fingerprint density at radius 2 is 1.67 bits per heavy atom. The molecule has 1 aromatic heterocycles. The largest absolute Gasteiger partial charge is 0.320 e. The Balaban J connectivity index is 0.000000337. The molecule has 1 aromatic carbocycles. The van der Waals surface area contributed by atoms with Gasteiger partial charge in [0.25, 0.3) is 0 Å². The lowest BCUT2D eigenvalue weighted by molar-refractivity contribution is 1.64. The second kappa shape index (κ2) is 6.00. The molecular weight excluding hydrogens is 202 g/mol. The molecule has 0 atom stereocenters. The van der Waals surface area contributed by atoms with Gasteiger partial charge >= 0.3 is 0 Å². The maximum atomic E-state index is 5.83. The predicted octanol–water partition coefficient (Wildman–Crippen LogP) is 4.26. The Morgan fingerprint density at radius 1 is 1.07 bits per heavy atom. The van der Waals surface area contributed by atoms with E-state index in [1.807, 2.05) is 17.4 Å². The number of hydrogen-bond donors (Lipinski definition) is 0. The molecule has 0 aliphatic carbocycles. The summed E-state index contributed by atoms with van der Waals surface area (Å²) < 4.78 is 0. The topological polar surface area (TPSA) is 4.36 Å². The van der Waals surface area contributed by atoms with E-state index < -0.39 is 0 Å². The van der Waals surface area contributed by atoms with Gasteiger partial charge in [0.1, 0.15) is 0 Å². The summed E-state index contributed by atoms with van der Waals surface area (Å²) in [6.45, 7) is 7.97. The van der Waals surface area contributed by atoms with Crippen molar-refractivity contribution in [3.63, 3.8) is 0 Å². The fraction of sp³-hybridized carbons (Fsp3) is 0.154. The predicted molar refractivity (Wildman–Crippen MR) is 67.0 cm³/mol. The highest BCUT2D eigenvalue weighted by molar-refractivity contribution is 7.15.